The Balaban J connectivity index is 1.70. The second-order valence-corrected chi connectivity index (χ2v) is 7.18. The fourth-order valence-corrected chi connectivity index (χ4v) is 3.21. The third kappa shape index (κ3) is 5.50. The van der Waals surface area contributed by atoms with Crippen molar-refractivity contribution in [1.29, 1.82) is 0 Å². The molecule has 0 atom stereocenters. The van der Waals surface area contributed by atoms with Crippen LogP contribution in [0.15, 0.2) is 72.8 Å². The number of para-hydroxylation sites is 1. The Kier molecular flexibility index (Phi) is 7.28. The van der Waals surface area contributed by atoms with Crippen LogP contribution in [0.2, 0.25) is 10.0 Å². The Hall–Kier alpha value is -3.08. The standard InChI is InChI=1S/C24H18Cl2O4/c1-29-24(28)18-8-6-16(7-9-18)15-30-23-5-3-2-4-17(23)10-13-22(27)20-12-11-19(25)14-21(20)26/h2-14H,15H2,1H3. The van der Waals surface area contributed by atoms with E-state index in [1.165, 1.54) is 19.3 Å². The van der Waals surface area contributed by atoms with Crippen LogP contribution in [0.25, 0.3) is 6.08 Å². The molecular formula is C24H18Cl2O4. The van der Waals surface area contributed by atoms with Gasteiger partial charge in [0.1, 0.15) is 12.4 Å². The van der Waals surface area contributed by atoms with Gasteiger partial charge in [-0.2, -0.15) is 0 Å². The number of hydrogen-bond donors (Lipinski definition) is 0. The molecule has 152 valence electrons. The normalized spacial score (nSPS) is 10.8. The minimum absolute atomic E-state index is 0.232. The van der Waals surface area contributed by atoms with Crippen LogP contribution in [0.5, 0.6) is 5.75 Å². The van der Waals surface area contributed by atoms with Gasteiger partial charge in [-0.25, -0.2) is 4.79 Å². The van der Waals surface area contributed by atoms with Crippen molar-refractivity contribution in [3.05, 3.63) is 105 Å². The molecule has 0 N–H and O–H groups in total. The van der Waals surface area contributed by atoms with Crippen LogP contribution in [0.1, 0.15) is 31.8 Å². The first-order valence-electron chi connectivity index (χ1n) is 9.04. The van der Waals surface area contributed by atoms with Gasteiger partial charge in [0, 0.05) is 16.1 Å². The van der Waals surface area contributed by atoms with Crippen molar-refractivity contribution in [2.24, 2.45) is 0 Å². The van der Waals surface area contributed by atoms with Gasteiger partial charge in [-0.1, -0.05) is 53.5 Å². The van der Waals surface area contributed by atoms with Gasteiger partial charge in [0.25, 0.3) is 0 Å². The number of carbonyl (C=O) groups is 2. The van der Waals surface area contributed by atoms with Gasteiger partial charge in [-0.05, 0) is 54.1 Å². The minimum atomic E-state index is -0.386. The predicted octanol–water partition coefficient (Wildman–Crippen LogP) is 6.26. The highest BCUT2D eigenvalue weighted by atomic mass is 35.5. The molecule has 3 aromatic carbocycles. The average molecular weight is 441 g/mol. The molecule has 0 saturated carbocycles. The summed E-state index contributed by atoms with van der Waals surface area (Å²) < 4.78 is 10.6. The van der Waals surface area contributed by atoms with Gasteiger partial charge in [0.2, 0.25) is 0 Å². The van der Waals surface area contributed by atoms with Gasteiger partial charge < -0.3 is 9.47 Å². The number of allylic oxidation sites excluding steroid dienone is 1. The van der Waals surface area contributed by atoms with E-state index >= 15 is 0 Å². The van der Waals surface area contributed by atoms with E-state index in [0.29, 0.717) is 33.5 Å². The van der Waals surface area contributed by atoms with Gasteiger partial charge >= 0.3 is 5.97 Å². The minimum Gasteiger partial charge on any atom is -0.488 e. The number of methoxy groups -OCH3 is 1. The summed E-state index contributed by atoms with van der Waals surface area (Å²) in [4.78, 5) is 24.0. The first-order chi connectivity index (χ1) is 14.5. The molecule has 0 heterocycles. The number of ketones is 1. The van der Waals surface area contributed by atoms with Gasteiger partial charge in [-0.3, -0.25) is 4.79 Å². The number of esters is 1. The van der Waals surface area contributed by atoms with Crippen molar-refractivity contribution in [1.82, 2.24) is 0 Å². The fraction of sp³-hybridized carbons (Fsp3) is 0.0833. The van der Waals surface area contributed by atoms with E-state index in [4.69, 9.17) is 32.7 Å². The molecule has 4 nitrogen and oxygen atoms in total. The average Bonchev–Trinajstić information content (AvgIpc) is 2.76. The Bertz CT molecular complexity index is 1090. The van der Waals surface area contributed by atoms with E-state index in [2.05, 4.69) is 0 Å². The molecular weight excluding hydrogens is 423 g/mol. The molecule has 0 saturated heterocycles. The van der Waals surface area contributed by atoms with Crippen LogP contribution in [-0.2, 0) is 11.3 Å². The summed E-state index contributed by atoms with van der Waals surface area (Å²) in [6.07, 6.45) is 3.13. The van der Waals surface area contributed by atoms with Crippen molar-refractivity contribution in [3.8, 4) is 5.75 Å². The monoisotopic (exact) mass is 440 g/mol. The largest absolute Gasteiger partial charge is 0.488 e. The third-order valence-corrected chi connectivity index (χ3v) is 4.85. The SMILES string of the molecule is COC(=O)c1ccc(COc2ccccc2C=CC(=O)c2ccc(Cl)cc2Cl)cc1. The van der Waals surface area contributed by atoms with Crippen molar-refractivity contribution < 1.29 is 19.1 Å². The van der Waals surface area contributed by atoms with Crippen molar-refractivity contribution in [2.75, 3.05) is 7.11 Å². The van der Waals surface area contributed by atoms with Crippen LogP contribution >= 0.6 is 23.2 Å². The zero-order chi connectivity index (χ0) is 21.5. The number of ether oxygens (including phenoxy) is 2. The lowest BCUT2D eigenvalue weighted by atomic mass is 10.1. The van der Waals surface area contributed by atoms with Crippen LogP contribution < -0.4 is 4.74 Å². The maximum Gasteiger partial charge on any atom is 0.337 e. The zero-order valence-electron chi connectivity index (χ0n) is 16.1. The van der Waals surface area contributed by atoms with E-state index in [0.717, 1.165) is 11.1 Å². The molecule has 0 unspecified atom stereocenters. The summed E-state index contributed by atoms with van der Waals surface area (Å²) >= 11 is 12.0. The third-order valence-electron chi connectivity index (χ3n) is 4.30. The van der Waals surface area contributed by atoms with Crippen LogP contribution in [-0.4, -0.2) is 18.9 Å². The zero-order valence-corrected chi connectivity index (χ0v) is 17.6. The summed E-state index contributed by atoms with van der Waals surface area (Å²) in [5.41, 5.74) is 2.50. The van der Waals surface area contributed by atoms with Crippen molar-refractivity contribution in [3.63, 3.8) is 0 Å². The summed E-state index contributed by atoms with van der Waals surface area (Å²) in [5.74, 6) is 0.00840. The molecule has 0 amide bonds. The number of hydrogen-bond acceptors (Lipinski definition) is 4. The molecule has 0 aromatic heterocycles. The molecule has 0 bridgehead atoms. The number of benzene rings is 3. The van der Waals surface area contributed by atoms with E-state index < -0.39 is 0 Å². The Morgan fingerprint density at radius 1 is 0.967 bits per heavy atom. The van der Waals surface area contributed by atoms with Crippen LogP contribution in [0.4, 0.5) is 0 Å². The van der Waals surface area contributed by atoms with Gasteiger partial charge in [0.05, 0.1) is 17.7 Å². The highest BCUT2D eigenvalue weighted by Gasteiger charge is 2.09. The summed E-state index contributed by atoms with van der Waals surface area (Å²) in [6.45, 7) is 0.309. The first-order valence-corrected chi connectivity index (χ1v) is 9.80. The lowest BCUT2D eigenvalue weighted by Crippen LogP contribution is -2.02. The fourth-order valence-electron chi connectivity index (χ4n) is 2.71. The molecule has 6 heteroatoms. The maximum atomic E-state index is 12.5. The number of rotatable bonds is 7. The quantitative estimate of drug-likeness (QED) is 0.247. The highest BCUT2D eigenvalue weighted by molar-refractivity contribution is 6.37. The maximum absolute atomic E-state index is 12.5. The highest BCUT2D eigenvalue weighted by Crippen LogP contribution is 2.24. The Morgan fingerprint density at radius 2 is 1.70 bits per heavy atom. The van der Waals surface area contributed by atoms with Gasteiger partial charge in [-0.15, -0.1) is 0 Å². The lowest BCUT2D eigenvalue weighted by molar-refractivity contribution is 0.0600. The van der Waals surface area contributed by atoms with E-state index in [-0.39, 0.29) is 11.8 Å². The second kappa shape index (κ2) is 10.1. The van der Waals surface area contributed by atoms with Crippen LogP contribution in [0, 0.1) is 0 Å². The smallest absolute Gasteiger partial charge is 0.337 e. The molecule has 0 radical (unpaired) electrons. The van der Waals surface area contributed by atoms with E-state index in [1.807, 2.05) is 24.3 Å². The molecule has 0 aliphatic carbocycles. The molecule has 3 rings (SSSR count). The molecule has 0 aliphatic rings. The number of carbonyl (C=O) groups excluding carboxylic acids is 2. The molecule has 30 heavy (non-hydrogen) atoms. The lowest BCUT2D eigenvalue weighted by Gasteiger charge is -2.10. The van der Waals surface area contributed by atoms with Crippen LogP contribution in [0.3, 0.4) is 0 Å². The molecule has 0 spiro atoms. The summed E-state index contributed by atoms with van der Waals surface area (Å²) in [5, 5.41) is 0.774. The Labute approximate surface area is 184 Å². The van der Waals surface area contributed by atoms with E-state index in [9.17, 15) is 9.59 Å². The second-order valence-electron chi connectivity index (χ2n) is 6.34. The molecule has 3 aromatic rings. The Morgan fingerprint density at radius 3 is 2.40 bits per heavy atom. The van der Waals surface area contributed by atoms with E-state index in [1.54, 1.807) is 42.5 Å². The van der Waals surface area contributed by atoms with Crippen molar-refractivity contribution in [2.45, 2.75) is 6.61 Å². The predicted molar refractivity (Wildman–Crippen MR) is 118 cm³/mol. The molecule has 0 fully saturated rings. The topological polar surface area (TPSA) is 52.6 Å². The summed E-state index contributed by atoms with van der Waals surface area (Å²) in [7, 11) is 1.34. The number of halogens is 2. The van der Waals surface area contributed by atoms with Gasteiger partial charge in [0.15, 0.2) is 5.78 Å². The van der Waals surface area contributed by atoms with Crippen molar-refractivity contribution >= 4 is 41.0 Å². The first kappa shape index (κ1) is 21.6. The molecule has 0 aliphatic heterocycles. The summed E-state index contributed by atoms with van der Waals surface area (Å²) in [6, 6.07) is 19.1.